The van der Waals surface area contributed by atoms with Gasteiger partial charge in [-0.25, -0.2) is 9.37 Å². The van der Waals surface area contributed by atoms with Gasteiger partial charge in [0.25, 0.3) is 0 Å². The molecule has 2 aromatic rings. The summed E-state index contributed by atoms with van der Waals surface area (Å²) < 4.78 is 12.7. The number of nitrogens with zero attached hydrogens (tertiary/aromatic N) is 2. The van der Waals surface area contributed by atoms with E-state index in [2.05, 4.69) is 4.98 Å². The van der Waals surface area contributed by atoms with Crippen LogP contribution in [0.1, 0.15) is 0 Å². The number of anilines is 2. The highest BCUT2D eigenvalue weighted by Gasteiger charge is 2.07. The first-order valence-electron chi connectivity index (χ1n) is 4.27. The topological polar surface area (TPSA) is 16.1 Å². The van der Waals surface area contributed by atoms with Crippen molar-refractivity contribution in [2.45, 2.75) is 0 Å². The Morgan fingerprint density at radius 1 is 1.33 bits per heavy atom. The van der Waals surface area contributed by atoms with Crippen LogP contribution in [-0.2, 0) is 0 Å². The zero-order valence-electron chi connectivity index (χ0n) is 7.95. The average molecular weight is 243 g/mol. The molecule has 0 N–H and O–H groups in total. The van der Waals surface area contributed by atoms with Crippen molar-refractivity contribution in [1.82, 2.24) is 4.98 Å². The molecule has 1 aromatic heterocycles. The monoisotopic (exact) mass is 242 g/mol. The summed E-state index contributed by atoms with van der Waals surface area (Å²) in [5, 5.41) is 3.02. The number of hydrogen-bond donors (Lipinski definition) is 0. The molecule has 0 spiro atoms. The molecule has 0 unspecified atom stereocenters. The van der Waals surface area contributed by atoms with E-state index in [-0.39, 0.29) is 5.82 Å². The molecule has 2 rings (SSSR count). The van der Waals surface area contributed by atoms with Crippen LogP contribution in [0, 0.1) is 5.82 Å². The normalized spacial score (nSPS) is 10.3. The maximum atomic E-state index is 12.7. The third-order valence-corrected chi connectivity index (χ3v) is 3.20. The Morgan fingerprint density at radius 3 is 2.53 bits per heavy atom. The fraction of sp³-hybridized carbons (Fsp3) is 0.100. The van der Waals surface area contributed by atoms with E-state index < -0.39 is 0 Å². The summed E-state index contributed by atoms with van der Waals surface area (Å²) in [6.07, 6.45) is 0. The van der Waals surface area contributed by atoms with Gasteiger partial charge in [-0.15, -0.1) is 11.3 Å². The molecule has 1 aromatic carbocycles. The second-order valence-electron chi connectivity index (χ2n) is 2.99. The smallest absolute Gasteiger partial charge is 0.191 e. The highest BCUT2D eigenvalue weighted by molar-refractivity contribution is 7.14. The third kappa shape index (κ3) is 2.27. The van der Waals surface area contributed by atoms with Crippen LogP contribution in [0.2, 0.25) is 5.15 Å². The molecule has 1 heterocycles. The van der Waals surface area contributed by atoms with Gasteiger partial charge in [0.05, 0.1) is 0 Å². The van der Waals surface area contributed by atoms with E-state index in [4.69, 9.17) is 11.6 Å². The molecule has 0 saturated carbocycles. The fourth-order valence-corrected chi connectivity index (χ4v) is 2.11. The van der Waals surface area contributed by atoms with Gasteiger partial charge in [-0.1, -0.05) is 11.6 Å². The Kier molecular flexibility index (Phi) is 2.88. The highest BCUT2D eigenvalue weighted by atomic mass is 35.5. The van der Waals surface area contributed by atoms with Crippen LogP contribution < -0.4 is 4.90 Å². The lowest BCUT2D eigenvalue weighted by atomic mass is 10.3. The summed E-state index contributed by atoms with van der Waals surface area (Å²) >= 11 is 7.18. The van der Waals surface area contributed by atoms with Gasteiger partial charge in [0, 0.05) is 18.1 Å². The lowest BCUT2D eigenvalue weighted by molar-refractivity contribution is 0.628. The minimum atomic E-state index is -0.246. The Bertz CT molecular complexity index is 455. The van der Waals surface area contributed by atoms with Crippen LogP contribution in [0.15, 0.2) is 29.6 Å². The van der Waals surface area contributed by atoms with Crippen molar-refractivity contribution in [2.24, 2.45) is 0 Å². The minimum Gasteiger partial charge on any atom is -0.321 e. The van der Waals surface area contributed by atoms with Crippen LogP contribution in [0.3, 0.4) is 0 Å². The first-order chi connectivity index (χ1) is 7.16. The van der Waals surface area contributed by atoms with Gasteiger partial charge in [-0.05, 0) is 24.3 Å². The summed E-state index contributed by atoms with van der Waals surface area (Å²) in [5.41, 5.74) is 0.877. The third-order valence-electron chi connectivity index (χ3n) is 1.96. The van der Waals surface area contributed by atoms with Crippen LogP contribution in [0.5, 0.6) is 0 Å². The standard InChI is InChI=1S/C10H8ClFN2S/c1-14(10-13-9(11)6-15-10)8-4-2-7(12)3-5-8/h2-6H,1H3. The van der Waals surface area contributed by atoms with Crippen LogP contribution in [-0.4, -0.2) is 12.0 Å². The van der Waals surface area contributed by atoms with Gasteiger partial charge in [-0.2, -0.15) is 0 Å². The molecule has 2 nitrogen and oxygen atoms in total. The zero-order valence-corrected chi connectivity index (χ0v) is 9.52. The molecule has 15 heavy (non-hydrogen) atoms. The van der Waals surface area contributed by atoms with Crippen molar-refractivity contribution < 1.29 is 4.39 Å². The van der Waals surface area contributed by atoms with Crippen molar-refractivity contribution in [2.75, 3.05) is 11.9 Å². The van der Waals surface area contributed by atoms with E-state index in [1.165, 1.54) is 23.5 Å². The molecule has 0 fully saturated rings. The first kappa shape index (κ1) is 10.4. The molecule has 0 saturated heterocycles. The molecular formula is C10H8ClFN2S. The fourth-order valence-electron chi connectivity index (χ4n) is 1.17. The molecule has 0 aliphatic rings. The largest absolute Gasteiger partial charge is 0.321 e. The molecular weight excluding hydrogens is 235 g/mol. The molecule has 0 radical (unpaired) electrons. The first-order valence-corrected chi connectivity index (χ1v) is 5.53. The summed E-state index contributed by atoms with van der Waals surface area (Å²) in [7, 11) is 1.86. The molecule has 0 amide bonds. The van der Waals surface area contributed by atoms with Gasteiger partial charge in [0.1, 0.15) is 11.0 Å². The van der Waals surface area contributed by atoms with Crippen LogP contribution >= 0.6 is 22.9 Å². The minimum absolute atomic E-state index is 0.246. The number of hydrogen-bond acceptors (Lipinski definition) is 3. The van der Waals surface area contributed by atoms with Crippen molar-refractivity contribution >= 4 is 33.8 Å². The molecule has 0 aliphatic heterocycles. The second-order valence-corrected chi connectivity index (χ2v) is 4.21. The lowest BCUT2D eigenvalue weighted by Crippen LogP contribution is -2.08. The van der Waals surface area contributed by atoms with E-state index >= 15 is 0 Å². The van der Waals surface area contributed by atoms with Crippen molar-refractivity contribution in [1.29, 1.82) is 0 Å². The lowest BCUT2D eigenvalue weighted by Gasteiger charge is -2.15. The quantitative estimate of drug-likeness (QED) is 0.798. The van der Waals surface area contributed by atoms with Crippen molar-refractivity contribution in [3.05, 3.63) is 40.6 Å². The van der Waals surface area contributed by atoms with Gasteiger partial charge >= 0.3 is 0 Å². The van der Waals surface area contributed by atoms with Crippen molar-refractivity contribution in [3.8, 4) is 0 Å². The van der Waals surface area contributed by atoms with Crippen LogP contribution in [0.25, 0.3) is 0 Å². The van der Waals surface area contributed by atoms with Gasteiger partial charge in [0.2, 0.25) is 0 Å². The number of rotatable bonds is 2. The van der Waals surface area contributed by atoms with E-state index in [0.29, 0.717) is 5.15 Å². The Balaban J connectivity index is 2.28. The maximum Gasteiger partial charge on any atom is 0.191 e. The number of benzene rings is 1. The second kappa shape index (κ2) is 4.16. The Hall–Kier alpha value is -1.13. The molecule has 5 heteroatoms. The highest BCUT2D eigenvalue weighted by Crippen LogP contribution is 2.28. The average Bonchev–Trinajstić information content (AvgIpc) is 2.65. The summed E-state index contributed by atoms with van der Waals surface area (Å²) in [4.78, 5) is 5.98. The number of thiazole rings is 1. The SMILES string of the molecule is CN(c1ccc(F)cc1)c1nc(Cl)cs1. The van der Waals surface area contributed by atoms with Gasteiger partial charge < -0.3 is 4.90 Å². The Labute approximate surface area is 95.9 Å². The van der Waals surface area contributed by atoms with Gasteiger partial charge in [-0.3, -0.25) is 0 Å². The van der Waals surface area contributed by atoms with E-state index in [1.54, 1.807) is 17.5 Å². The van der Waals surface area contributed by atoms with E-state index in [0.717, 1.165) is 10.8 Å². The Morgan fingerprint density at radius 2 is 2.00 bits per heavy atom. The number of aromatic nitrogens is 1. The summed E-state index contributed by atoms with van der Waals surface area (Å²) in [6.45, 7) is 0. The zero-order chi connectivity index (χ0) is 10.8. The summed E-state index contributed by atoms with van der Waals surface area (Å²) in [5.74, 6) is -0.246. The molecule has 0 atom stereocenters. The van der Waals surface area contributed by atoms with Gasteiger partial charge in [0.15, 0.2) is 5.13 Å². The predicted octanol–water partition coefficient (Wildman–Crippen LogP) is 3.70. The number of halogens is 2. The molecule has 0 aliphatic carbocycles. The molecule has 78 valence electrons. The molecule has 0 bridgehead atoms. The maximum absolute atomic E-state index is 12.7. The summed E-state index contributed by atoms with van der Waals surface area (Å²) in [6, 6.07) is 6.23. The van der Waals surface area contributed by atoms with E-state index in [9.17, 15) is 4.39 Å². The van der Waals surface area contributed by atoms with Crippen LogP contribution in [0.4, 0.5) is 15.2 Å². The van der Waals surface area contributed by atoms with Crippen molar-refractivity contribution in [3.63, 3.8) is 0 Å². The van der Waals surface area contributed by atoms with E-state index in [1.807, 2.05) is 11.9 Å². The predicted molar refractivity (Wildman–Crippen MR) is 61.6 cm³/mol.